The number of amides is 2. The third kappa shape index (κ3) is 3.25. The highest BCUT2D eigenvalue weighted by Crippen LogP contribution is 2.23. The second kappa shape index (κ2) is 6.10. The van der Waals surface area contributed by atoms with Gasteiger partial charge in [0.05, 0.1) is 6.04 Å². The van der Waals surface area contributed by atoms with E-state index in [0.717, 1.165) is 11.3 Å². The van der Waals surface area contributed by atoms with Gasteiger partial charge in [-0.3, -0.25) is 14.1 Å². The predicted molar refractivity (Wildman–Crippen MR) is 79.9 cm³/mol. The van der Waals surface area contributed by atoms with E-state index >= 15 is 0 Å². The fraction of sp³-hybridized carbons (Fsp3) is 0.400. The van der Waals surface area contributed by atoms with Crippen LogP contribution >= 0.6 is 11.3 Å². The highest BCUT2D eigenvalue weighted by molar-refractivity contribution is 7.84. The molecule has 11 nitrogen and oxygen atoms in total. The zero-order valence-corrected chi connectivity index (χ0v) is 13.6. The van der Waals surface area contributed by atoms with Crippen molar-refractivity contribution in [3.8, 4) is 0 Å². The average molecular weight is 363 g/mol. The SMILES string of the molecule is CO/N=C(/C(=O)N[C@@H]1C(=O)N(S(=O)(=O)O)[C@H]1C)c1csc(N)n1. The van der Waals surface area contributed by atoms with Crippen LogP contribution in [0.1, 0.15) is 12.6 Å². The van der Waals surface area contributed by atoms with Crippen molar-refractivity contribution in [3.05, 3.63) is 11.1 Å². The summed E-state index contributed by atoms with van der Waals surface area (Å²) >= 11 is 1.08. The van der Waals surface area contributed by atoms with Gasteiger partial charge in [0.1, 0.15) is 18.8 Å². The molecule has 0 bridgehead atoms. The number of carbonyl (C=O) groups is 2. The second-order valence-electron chi connectivity index (χ2n) is 4.50. The van der Waals surface area contributed by atoms with Gasteiger partial charge in [-0.1, -0.05) is 5.16 Å². The summed E-state index contributed by atoms with van der Waals surface area (Å²) in [4.78, 5) is 32.4. The first-order valence-electron chi connectivity index (χ1n) is 6.11. The van der Waals surface area contributed by atoms with Crippen molar-refractivity contribution < 1.29 is 27.4 Å². The number of β-lactam (4-membered cyclic amide) rings is 1. The summed E-state index contributed by atoms with van der Waals surface area (Å²) in [5.74, 6) is -1.75. The topological polar surface area (TPSA) is 164 Å². The molecule has 2 atom stereocenters. The number of nitrogens with two attached hydrogens (primary N) is 1. The van der Waals surface area contributed by atoms with E-state index in [0.29, 0.717) is 0 Å². The van der Waals surface area contributed by atoms with Crippen LogP contribution in [-0.2, 0) is 24.7 Å². The van der Waals surface area contributed by atoms with Gasteiger partial charge >= 0.3 is 10.3 Å². The van der Waals surface area contributed by atoms with Crippen LogP contribution in [0.15, 0.2) is 10.5 Å². The van der Waals surface area contributed by atoms with Crippen molar-refractivity contribution in [2.24, 2.45) is 5.16 Å². The van der Waals surface area contributed by atoms with E-state index in [1.807, 2.05) is 0 Å². The van der Waals surface area contributed by atoms with Crippen LogP contribution in [0.3, 0.4) is 0 Å². The number of nitrogens with one attached hydrogen (secondary N) is 1. The Morgan fingerprint density at radius 2 is 2.26 bits per heavy atom. The largest absolute Gasteiger partial charge is 0.398 e. The molecule has 2 rings (SSSR count). The van der Waals surface area contributed by atoms with Crippen molar-refractivity contribution in [3.63, 3.8) is 0 Å². The molecule has 1 aromatic heterocycles. The Kier molecular flexibility index (Phi) is 4.53. The highest BCUT2D eigenvalue weighted by Gasteiger charge is 2.51. The molecular weight excluding hydrogens is 350 g/mol. The fourth-order valence-corrected chi connectivity index (χ4v) is 3.44. The van der Waals surface area contributed by atoms with E-state index in [-0.39, 0.29) is 20.8 Å². The smallest absolute Gasteiger partial charge is 0.362 e. The van der Waals surface area contributed by atoms with Gasteiger partial charge in [0, 0.05) is 5.38 Å². The molecular formula is C10H13N5O6S2. The summed E-state index contributed by atoms with van der Waals surface area (Å²) in [6, 6.07) is -2.06. The fourth-order valence-electron chi connectivity index (χ4n) is 2.01. The number of hydrogen-bond donors (Lipinski definition) is 3. The van der Waals surface area contributed by atoms with Crippen molar-refractivity contribution in [1.29, 1.82) is 0 Å². The molecule has 126 valence electrons. The minimum absolute atomic E-state index is 0.151. The van der Waals surface area contributed by atoms with Gasteiger partial charge in [0.25, 0.3) is 11.8 Å². The zero-order valence-electron chi connectivity index (χ0n) is 12.0. The summed E-state index contributed by atoms with van der Waals surface area (Å²) in [5.41, 5.74) is 5.42. The quantitative estimate of drug-likeness (QED) is 0.248. The number of aromatic nitrogens is 1. The number of nitrogens with zero attached hydrogens (tertiary/aromatic N) is 3. The zero-order chi connectivity index (χ0) is 17.4. The summed E-state index contributed by atoms with van der Waals surface area (Å²) < 4.78 is 31.2. The molecule has 1 aliphatic rings. The van der Waals surface area contributed by atoms with Crippen LogP contribution in [0.25, 0.3) is 0 Å². The Balaban J connectivity index is 2.15. The molecule has 4 N–H and O–H groups in total. The maximum atomic E-state index is 12.2. The molecule has 13 heteroatoms. The van der Waals surface area contributed by atoms with Crippen molar-refractivity contribution in [2.75, 3.05) is 12.8 Å². The van der Waals surface area contributed by atoms with Gasteiger partial charge in [-0.15, -0.1) is 11.3 Å². The molecule has 2 amide bonds. The molecule has 0 aromatic carbocycles. The van der Waals surface area contributed by atoms with E-state index in [4.69, 9.17) is 10.3 Å². The van der Waals surface area contributed by atoms with E-state index in [9.17, 15) is 18.0 Å². The molecule has 1 aromatic rings. The van der Waals surface area contributed by atoms with Crippen LogP contribution in [0.4, 0.5) is 5.13 Å². The Bertz CT molecular complexity index is 772. The lowest BCUT2D eigenvalue weighted by Crippen LogP contribution is -2.71. The van der Waals surface area contributed by atoms with E-state index in [2.05, 4.69) is 20.3 Å². The lowest BCUT2D eigenvalue weighted by atomic mass is 10.0. The van der Waals surface area contributed by atoms with Gasteiger partial charge in [0.15, 0.2) is 10.8 Å². The molecule has 1 saturated heterocycles. The maximum Gasteiger partial charge on any atom is 0.362 e. The van der Waals surface area contributed by atoms with E-state index in [1.54, 1.807) is 0 Å². The van der Waals surface area contributed by atoms with Gasteiger partial charge in [0.2, 0.25) is 0 Å². The maximum absolute atomic E-state index is 12.2. The van der Waals surface area contributed by atoms with Crippen LogP contribution < -0.4 is 11.1 Å². The van der Waals surface area contributed by atoms with Crippen LogP contribution in [0.5, 0.6) is 0 Å². The molecule has 2 heterocycles. The van der Waals surface area contributed by atoms with Gasteiger partial charge in [-0.05, 0) is 6.92 Å². The number of hydrogen-bond acceptors (Lipinski definition) is 9. The van der Waals surface area contributed by atoms with E-state index < -0.39 is 34.2 Å². The van der Waals surface area contributed by atoms with Crippen molar-refractivity contribution in [2.45, 2.75) is 19.0 Å². The lowest BCUT2D eigenvalue weighted by Gasteiger charge is -2.42. The van der Waals surface area contributed by atoms with Gasteiger partial charge in [-0.2, -0.15) is 8.42 Å². The van der Waals surface area contributed by atoms with Gasteiger partial charge in [-0.25, -0.2) is 9.29 Å². The normalized spacial score (nSPS) is 21.8. The molecule has 0 spiro atoms. The van der Waals surface area contributed by atoms with Crippen LogP contribution in [-0.4, -0.2) is 59.0 Å². The molecule has 0 unspecified atom stereocenters. The average Bonchev–Trinajstić information content (AvgIpc) is 2.86. The highest BCUT2D eigenvalue weighted by atomic mass is 32.2. The molecule has 0 radical (unpaired) electrons. The Morgan fingerprint density at radius 3 is 2.70 bits per heavy atom. The summed E-state index contributed by atoms with van der Waals surface area (Å²) in [6.45, 7) is 1.36. The monoisotopic (exact) mass is 363 g/mol. The third-order valence-corrected chi connectivity index (χ3v) is 4.72. The number of rotatable bonds is 5. The van der Waals surface area contributed by atoms with Gasteiger partial charge < -0.3 is 15.9 Å². The molecule has 0 saturated carbocycles. The molecule has 1 aliphatic heterocycles. The minimum atomic E-state index is -4.66. The van der Waals surface area contributed by atoms with Crippen molar-refractivity contribution >= 4 is 44.3 Å². The Labute approximate surface area is 135 Å². The first-order chi connectivity index (χ1) is 10.7. The number of thiazole rings is 1. The van der Waals surface area contributed by atoms with Crippen LogP contribution in [0, 0.1) is 0 Å². The Hall–Kier alpha value is -2.25. The summed E-state index contributed by atoms with van der Waals surface area (Å²) in [7, 11) is -3.44. The number of oxime groups is 1. The van der Waals surface area contributed by atoms with Crippen molar-refractivity contribution in [1.82, 2.24) is 14.6 Å². The number of nitrogen functional groups attached to an aromatic ring is 1. The molecule has 0 aliphatic carbocycles. The molecule has 23 heavy (non-hydrogen) atoms. The lowest BCUT2D eigenvalue weighted by molar-refractivity contribution is -0.143. The van der Waals surface area contributed by atoms with Crippen LogP contribution in [0.2, 0.25) is 0 Å². The first kappa shape index (κ1) is 17.1. The Morgan fingerprint density at radius 1 is 1.61 bits per heavy atom. The third-order valence-electron chi connectivity index (χ3n) is 3.03. The number of anilines is 1. The second-order valence-corrected chi connectivity index (χ2v) is 6.68. The number of carbonyl (C=O) groups excluding carboxylic acids is 2. The first-order valence-corrected chi connectivity index (χ1v) is 8.38. The predicted octanol–water partition coefficient (Wildman–Crippen LogP) is -1.41. The summed E-state index contributed by atoms with van der Waals surface area (Å²) in [6.07, 6.45) is 0. The van der Waals surface area contributed by atoms with E-state index in [1.165, 1.54) is 19.4 Å². The minimum Gasteiger partial charge on any atom is -0.398 e. The standard InChI is InChI=1S/C10H13N5O6S2/c1-4-6(9(17)15(4)23(18,19)20)13-8(16)7(14-21-2)5-3-22-10(11)12-5/h3-4,6H,1-2H3,(H2,11,12)(H,13,16)(H,18,19,20)/b14-7+/t4-,6-/m0/s1. The summed E-state index contributed by atoms with van der Waals surface area (Å²) in [5, 5.41) is 7.54. The molecule has 1 fully saturated rings.